The topological polar surface area (TPSA) is 78.9 Å². The van der Waals surface area contributed by atoms with Crippen molar-refractivity contribution in [2.75, 3.05) is 13.2 Å². The van der Waals surface area contributed by atoms with Crippen LogP contribution in [-0.4, -0.2) is 37.2 Å². The molecule has 0 heterocycles. The van der Waals surface area contributed by atoms with Gasteiger partial charge in [-0.1, -0.05) is 320 Å². The third-order valence-electron chi connectivity index (χ3n) is 14.6. The standard InChI is InChI=1S/C68H124O6/c1-4-7-10-13-16-19-22-25-28-30-32-33-34-35-36-38-40-43-46-49-52-55-58-61-67(70)73-64-65(63-72-66(69)60-57-54-51-48-45-42-39-27-24-21-18-15-12-9-6-3)74-68(71)62-59-56-53-50-47-44-41-37-31-29-26-23-20-17-14-11-8-5-2/h9,12,18,21,27,39,45,48,65H,4-8,10-11,13-17,19-20,22-26,28-38,40-44,46-47,49-64H2,1-3H3/b12-9-,21-18-,39-27-,48-45-. The van der Waals surface area contributed by atoms with E-state index < -0.39 is 6.10 Å². The van der Waals surface area contributed by atoms with Gasteiger partial charge in [-0.2, -0.15) is 0 Å². The van der Waals surface area contributed by atoms with Gasteiger partial charge in [-0.25, -0.2) is 0 Å². The van der Waals surface area contributed by atoms with E-state index in [9.17, 15) is 14.4 Å². The molecule has 0 radical (unpaired) electrons. The van der Waals surface area contributed by atoms with Gasteiger partial charge in [0.25, 0.3) is 0 Å². The van der Waals surface area contributed by atoms with Gasteiger partial charge in [0.15, 0.2) is 6.10 Å². The highest BCUT2D eigenvalue weighted by Gasteiger charge is 2.19. The fourth-order valence-corrected chi connectivity index (χ4v) is 9.73. The quantitative estimate of drug-likeness (QED) is 0.0261. The van der Waals surface area contributed by atoms with Gasteiger partial charge in [-0.05, 0) is 57.8 Å². The minimum Gasteiger partial charge on any atom is -0.462 e. The van der Waals surface area contributed by atoms with E-state index in [2.05, 4.69) is 69.4 Å². The van der Waals surface area contributed by atoms with Gasteiger partial charge >= 0.3 is 17.9 Å². The van der Waals surface area contributed by atoms with Crippen molar-refractivity contribution < 1.29 is 28.6 Å². The number of allylic oxidation sites excluding steroid dienone is 8. The number of esters is 3. The Hall–Kier alpha value is -2.63. The van der Waals surface area contributed by atoms with Gasteiger partial charge < -0.3 is 14.2 Å². The van der Waals surface area contributed by atoms with Crippen molar-refractivity contribution in [2.24, 2.45) is 0 Å². The minimum atomic E-state index is -0.787. The second-order valence-corrected chi connectivity index (χ2v) is 22.0. The molecule has 74 heavy (non-hydrogen) atoms. The van der Waals surface area contributed by atoms with Crippen LogP contribution in [0.3, 0.4) is 0 Å². The SMILES string of the molecule is CC/C=C\C/C=C\C/C=C\C/C=C\CCCCC(=O)OCC(COC(=O)CCCCCCCCCCCCCCCCCCCCCCCCC)OC(=O)CCCCCCCCCCCCCCCCCCCC. The molecule has 6 heteroatoms. The summed E-state index contributed by atoms with van der Waals surface area (Å²) in [6, 6.07) is 0. The largest absolute Gasteiger partial charge is 0.462 e. The van der Waals surface area contributed by atoms with E-state index in [1.807, 2.05) is 0 Å². The summed E-state index contributed by atoms with van der Waals surface area (Å²) >= 11 is 0. The summed E-state index contributed by atoms with van der Waals surface area (Å²) < 4.78 is 16.9. The zero-order valence-electron chi connectivity index (χ0n) is 49.6. The minimum absolute atomic E-state index is 0.0812. The monoisotopic (exact) mass is 1040 g/mol. The summed E-state index contributed by atoms with van der Waals surface area (Å²) in [5.74, 6) is -0.900. The number of carbonyl (C=O) groups is 3. The molecule has 0 bridgehead atoms. The van der Waals surface area contributed by atoms with Gasteiger partial charge in [0.1, 0.15) is 13.2 Å². The average molecular weight is 1040 g/mol. The average Bonchev–Trinajstić information content (AvgIpc) is 3.40. The molecular weight excluding hydrogens is 913 g/mol. The first kappa shape index (κ1) is 71.4. The van der Waals surface area contributed by atoms with Crippen LogP contribution in [0.5, 0.6) is 0 Å². The molecule has 432 valence electrons. The lowest BCUT2D eigenvalue weighted by molar-refractivity contribution is -0.167. The molecule has 0 saturated carbocycles. The van der Waals surface area contributed by atoms with Crippen LogP contribution >= 0.6 is 0 Å². The van der Waals surface area contributed by atoms with E-state index in [4.69, 9.17) is 14.2 Å². The summed E-state index contributed by atoms with van der Waals surface area (Å²) in [7, 11) is 0. The number of unbranched alkanes of at least 4 members (excludes halogenated alkanes) is 41. The molecule has 0 aromatic rings. The Labute approximate surface area is 460 Å². The van der Waals surface area contributed by atoms with Crippen LogP contribution in [0.4, 0.5) is 0 Å². The molecule has 0 aromatic heterocycles. The molecule has 0 aliphatic rings. The normalized spacial score (nSPS) is 12.3. The fraction of sp³-hybridized carbons (Fsp3) is 0.838. The molecule has 0 aliphatic heterocycles. The lowest BCUT2D eigenvalue weighted by Gasteiger charge is -2.18. The van der Waals surface area contributed by atoms with Crippen LogP contribution in [-0.2, 0) is 28.6 Å². The van der Waals surface area contributed by atoms with Gasteiger partial charge in [-0.3, -0.25) is 14.4 Å². The maximum atomic E-state index is 12.9. The van der Waals surface area contributed by atoms with Crippen molar-refractivity contribution in [3.8, 4) is 0 Å². The van der Waals surface area contributed by atoms with E-state index in [-0.39, 0.29) is 31.1 Å². The molecule has 0 spiro atoms. The van der Waals surface area contributed by atoms with Crippen LogP contribution in [0.15, 0.2) is 48.6 Å². The molecule has 0 amide bonds. The van der Waals surface area contributed by atoms with Crippen LogP contribution in [0.2, 0.25) is 0 Å². The van der Waals surface area contributed by atoms with Gasteiger partial charge in [0.05, 0.1) is 0 Å². The Balaban J connectivity index is 4.31. The second kappa shape index (κ2) is 62.9. The number of ether oxygens (including phenoxy) is 3. The Morgan fingerprint density at radius 3 is 0.824 bits per heavy atom. The molecule has 0 aliphatic carbocycles. The Morgan fingerprint density at radius 2 is 0.527 bits per heavy atom. The highest BCUT2D eigenvalue weighted by atomic mass is 16.6. The smallest absolute Gasteiger partial charge is 0.306 e. The number of hydrogen-bond donors (Lipinski definition) is 0. The summed E-state index contributed by atoms with van der Waals surface area (Å²) in [5, 5.41) is 0. The zero-order valence-corrected chi connectivity index (χ0v) is 49.6. The Bertz CT molecular complexity index is 1280. The zero-order chi connectivity index (χ0) is 53.6. The van der Waals surface area contributed by atoms with Crippen LogP contribution in [0, 0.1) is 0 Å². The van der Waals surface area contributed by atoms with Crippen molar-refractivity contribution in [1.29, 1.82) is 0 Å². The molecule has 0 fully saturated rings. The Morgan fingerprint density at radius 1 is 0.284 bits per heavy atom. The molecule has 0 saturated heterocycles. The van der Waals surface area contributed by atoms with Crippen molar-refractivity contribution in [3.63, 3.8) is 0 Å². The lowest BCUT2D eigenvalue weighted by Crippen LogP contribution is -2.30. The van der Waals surface area contributed by atoms with Crippen molar-refractivity contribution in [2.45, 2.75) is 354 Å². The predicted molar refractivity (Wildman–Crippen MR) is 321 cm³/mol. The van der Waals surface area contributed by atoms with Gasteiger partial charge in [0, 0.05) is 19.3 Å². The number of carbonyl (C=O) groups excluding carboxylic acids is 3. The number of hydrogen-bond acceptors (Lipinski definition) is 6. The van der Waals surface area contributed by atoms with E-state index in [0.717, 1.165) is 83.5 Å². The lowest BCUT2D eigenvalue weighted by atomic mass is 10.0. The molecule has 1 unspecified atom stereocenters. The molecule has 1 atom stereocenters. The van der Waals surface area contributed by atoms with E-state index in [1.54, 1.807) is 0 Å². The summed E-state index contributed by atoms with van der Waals surface area (Å²) in [5.41, 5.74) is 0. The van der Waals surface area contributed by atoms with E-state index in [1.165, 1.54) is 225 Å². The highest BCUT2D eigenvalue weighted by Crippen LogP contribution is 2.18. The summed E-state index contributed by atoms with van der Waals surface area (Å²) in [6.07, 6.45) is 78.5. The van der Waals surface area contributed by atoms with E-state index >= 15 is 0 Å². The molecule has 0 aromatic carbocycles. The van der Waals surface area contributed by atoms with Gasteiger partial charge in [-0.15, -0.1) is 0 Å². The third kappa shape index (κ3) is 60.2. The third-order valence-corrected chi connectivity index (χ3v) is 14.6. The van der Waals surface area contributed by atoms with Crippen molar-refractivity contribution >= 4 is 17.9 Å². The van der Waals surface area contributed by atoms with Crippen molar-refractivity contribution in [1.82, 2.24) is 0 Å². The predicted octanol–water partition coefficient (Wildman–Crippen LogP) is 22.2. The van der Waals surface area contributed by atoms with Crippen LogP contribution in [0.1, 0.15) is 348 Å². The first-order chi connectivity index (χ1) is 36.5. The van der Waals surface area contributed by atoms with Gasteiger partial charge in [0.2, 0.25) is 0 Å². The second-order valence-electron chi connectivity index (χ2n) is 22.0. The van der Waals surface area contributed by atoms with Crippen LogP contribution in [0.25, 0.3) is 0 Å². The maximum Gasteiger partial charge on any atom is 0.306 e. The summed E-state index contributed by atoms with van der Waals surface area (Å²) in [4.78, 5) is 38.3. The van der Waals surface area contributed by atoms with Crippen LogP contribution < -0.4 is 0 Å². The van der Waals surface area contributed by atoms with Crippen molar-refractivity contribution in [3.05, 3.63) is 48.6 Å². The Kier molecular flexibility index (Phi) is 60.7. The summed E-state index contributed by atoms with van der Waals surface area (Å²) in [6.45, 7) is 6.56. The van der Waals surface area contributed by atoms with E-state index in [0.29, 0.717) is 19.3 Å². The highest BCUT2D eigenvalue weighted by molar-refractivity contribution is 5.71. The number of rotatable bonds is 60. The maximum absolute atomic E-state index is 12.9. The molecule has 0 N–H and O–H groups in total. The first-order valence-electron chi connectivity index (χ1n) is 32.6. The fourth-order valence-electron chi connectivity index (χ4n) is 9.73. The molecule has 0 rings (SSSR count). The first-order valence-corrected chi connectivity index (χ1v) is 32.6. The molecular formula is C68H124O6. The molecule has 6 nitrogen and oxygen atoms in total.